The van der Waals surface area contributed by atoms with Gasteiger partial charge in [-0.3, -0.25) is 4.79 Å². The van der Waals surface area contributed by atoms with Crippen LogP contribution in [-0.4, -0.2) is 23.5 Å². The van der Waals surface area contributed by atoms with E-state index in [0.29, 0.717) is 11.4 Å². The van der Waals surface area contributed by atoms with E-state index in [9.17, 15) is 19.1 Å². The number of nitrogens with zero attached hydrogens (tertiary/aromatic N) is 2. The minimum atomic E-state index is -1.03. The highest BCUT2D eigenvalue weighted by molar-refractivity contribution is 6.22. The average molecular weight is 353 g/mol. The number of nitrogens with one attached hydrogen (secondary N) is 1. The van der Waals surface area contributed by atoms with Crippen LogP contribution in [0.3, 0.4) is 0 Å². The normalized spacial score (nSPS) is 13.8. The molecule has 1 heterocycles. The molecule has 1 amide bonds. The molecule has 8 heteroatoms. The van der Waals surface area contributed by atoms with Gasteiger partial charge in [0.1, 0.15) is 18.1 Å². The van der Waals surface area contributed by atoms with Gasteiger partial charge in [0.2, 0.25) is 0 Å². The first-order valence-electron chi connectivity index (χ1n) is 7.44. The zero-order chi connectivity index (χ0) is 18.7. The molecule has 130 valence electrons. The van der Waals surface area contributed by atoms with Crippen molar-refractivity contribution in [3.8, 4) is 0 Å². The second-order valence-electron chi connectivity index (χ2n) is 5.33. The Labute approximate surface area is 147 Å². The monoisotopic (exact) mass is 353 g/mol. The minimum Gasteiger partial charge on any atom is -0.509 e. The van der Waals surface area contributed by atoms with E-state index in [4.69, 9.17) is 11.4 Å². The third-order valence-corrected chi connectivity index (χ3v) is 3.58. The number of carbonyl (C=O) groups is 2. The molecule has 0 aromatic heterocycles. The van der Waals surface area contributed by atoms with Crippen molar-refractivity contribution in [3.05, 3.63) is 77.1 Å². The van der Waals surface area contributed by atoms with Gasteiger partial charge >= 0.3 is 5.97 Å². The lowest BCUT2D eigenvalue weighted by atomic mass is 10.1. The molecular weight excluding hydrogens is 341 g/mol. The molecule has 26 heavy (non-hydrogen) atoms. The van der Waals surface area contributed by atoms with Gasteiger partial charge in [0.05, 0.1) is 12.3 Å². The largest absolute Gasteiger partial charge is 0.509 e. The van der Waals surface area contributed by atoms with Crippen LogP contribution in [0.5, 0.6) is 0 Å². The fourth-order valence-corrected chi connectivity index (χ4v) is 2.30. The van der Waals surface area contributed by atoms with Crippen LogP contribution in [0.15, 0.2) is 59.9 Å². The average Bonchev–Trinajstić information content (AvgIpc) is 2.63. The number of halogens is 1. The molecule has 0 saturated heterocycles. The van der Waals surface area contributed by atoms with Crippen LogP contribution in [-0.2, 0) is 14.4 Å². The predicted molar refractivity (Wildman–Crippen MR) is 90.8 cm³/mol. The summed E-state index contributed by atoms with van der Waals surface area (Å²) in [4.78, 5) is 32.7. The Morgan fingerprint density at radius 3 is 2.42 bits per heavy atom. The van der Waals surface area contributed by atoms with Crippen molar-refractivity contribution >= 4 is 28.9 Å². The lowest BCUT2D eigenvalue weighted by Gasteiger charge is -2.27. The number of hydroxylamine groups is 1. The van der Waals surface area contributed by atoms with Crippen molar-refractivity contribution in [1.82, 2.24) is 0 Å². The lowest BCUT2D eigenvalue weighted by Crippen LogP contribution is -2.39. The van der Waals surface area contributed by atoms with Gasteiger partial charge in [-0.2, -0.15) is 5.06 Å². The van der Waals surface area contributed by atoms with E-state index in [0.717, 1.165) is 17.2 Å². The standard InChI is InChI=1S/C18H12FN3O4/c1-20-12-6-8-14(9-7-12)22-10-15(23)16(18(25)26-22)17(24)21-13-4-2-11(19)3-5-13/h2-9,23H,10H2,(H,21,24). The summed E-state index contributed by atoms with van der Waals surface area (Å²) < 4.78 is 12.9. The van der Waals surface area contributed by atoms with E-state index in [1.54, 1.807) is 12.1 Å². The highest BCUT2D eigenvalue weighted by atomic mass is 19.1. The summed E-state index contributed by atoms with van der Waals surface area (Å²) in [5.74, 6) is -2.82. The van der Waals surface area contributed by atoms with Crippen LogP contribution in [0.4, 0.5) is 21.5 Å². The molecule has 0 radical (unpaired) electrons. The molecule has 0 saturated carbocycles. The molecule has 7 nitrogen and oxygen atoms in total. The maximum atomic E-state index is 12.9. The van der Waals surface area contributed by atoms with E-state index >= 15 is 0 Å². The third kappa shape index (κ3) is 3.47. The molecule has 1 aliphatic rings. The molecule has 0 unspecified atom stereocenters. The highest BCUT2D eigenvalue weighted by Gasteiger charge is 2.33. The first-order chi connectivity index (χ1) is 12.5. The molecule has 0 aliphatic carbocycles. The Bertz CT molecular complexity index is 930. The van der Waals surface area contributed by atoms with Gasteiger partial charge in [-0.25, -0.2) is 14.0 Å². The molecule has 2 N–H and O–H groups in total. The van der Waals surface area contributed by atoms with Crippen LogP contribution in [0.25, 0.3) is 4.85 Å². The first-order valence-corrected chi connectivity index (χ1v) is 7.44. The summed E-state index contributed by atoms with van der Waals surface area (Å²) in [6, 6.07) is 11.1. The zero-order valence-corrected chi connectivity index (χ0v) is 13.3. The third-order valence-electron chi connectivity index (χ3n) is 3.58. The van der Waals surface area contributed by atoms with Gasteiger partial charge in [-0.05, 0) is 36.4 Å². The molecule has 0 atom stereocenters. The number of carbonyl (C=O) groups excluding carboxylic acids is 2. The summed E-state index contributed by atoms with van der Waals surface area (Å²) in [5, 5.41) is 13.6. The lowest BCUT2D eigenvalue weighted by molar-refractivity contribution is -0.143. The summed E-state index contributed by atoms with van der Waals surface area (Å²) in [7, 11) is 0. The van der Waals surface area contributed by atoms with E-state index < -0.39 is 29.0 Å². The van der Waals surface area contributed by atoms with Crippen LogP contribution < -0.4 is 10.4 Å². The Morgan fingerprint density at radius 2 is 1.85 bits per heavy atom. The van der Waals surface area contributed by atoms with Crippen molar-refractivity contribution in [2.75, 3.05) is 16.9 Å². The molecule has 0 fully saturated rings. The summed E-state index contributed by atoms with van der Waals surface area (Å²) in [6.07, 6.45) is 0. The number of anilines is 2. The topological polar surface area (TPSA) is 83.2 Å². The maximum Gasteiger partial charge on any atom is 0.372 e. The summed E-state index contributed by atoms with van der Waals surface area (Å²) >= 11 is 0. The van der Waals surface area contributed by atoms with Gasteiger partial charge in [0, 0.05) is 5.69 Å². The first kappa shape index (κ1) is 17.0. The summed E-state index contributed by atoms with van der Waals surface area (Å²) in [6.45, 7) is 6.69. The highest BCUT2D eigenvalue weighted by Crippen LogP contribution is 2.25. The van der Waals surface area contributed by atoms with Crippen molar-refractivity contribution in [2.45, 2.75) is 0 Å². The van der Waals surface area contributed by atoms with E-state index in [1.807, 2.05) is 0 Å². The smallest absolute Gasteiger partial charge is 0.372 e. The predicted octanol–water partition coefficient (Wildman–Crippen LogP) is 3.11. The quantitative estimate of drug-likeness (QED) is 0.654. The Balaban J connectivity index is 1.78. The second-order valence-corrected chi connectivity index (χ2v) is 5.33. The Hall–Kier alpha value is -3.86. The SMILES string of the molecule is [C-]#[N+]c1ccc(N2CC(O)=C(C(=O)Nc3ccc(F)cc3)C(=O)O2)cc1. The number of aliphatic hydroxyl groups is 1. The number of benzene rings is 2. The van der Waals surface area contributed by atoms with Gasteiger partial charge in [-0.15, -0.1) is 0 Å². The van der Waals surface area contributed by atoms with E-state index in [2.05, 4.69) is 10.2 Å². The van der Waals surface area contributed by atoms with Crippen molar-refractivity contribution in [3.63, 3.8) is 0 Å². The van der Waals surface area contributed by atoms with Gasteiger partial charge in [0.25, 0.3) is 5.91 Å². The van der Waals surface area contributed by atoms with Gasteiger partial charge in [-0.1, -0.05) is 12.1 Å². The van der Waals surface area contributed by atoms with Crippen LogP contribution >= 0.6 is 0 Å². The molecule has 2 aromatic carbocycles. The van der Waals surface area contributed by atoms with Gasteiger partial charge in [0.15, 0.2) is 11.3 Å². The molecular formula is C18H12FN3O4. The molecule has 0 bridgehead atoms. The number of hydrogen-bond donors (Lipinski definition) is 2. The van der Waals surface area contributed by atoms with Crippen LogP contribution in [0.2, 0.25) is 0 Å². The fourth-order valence-electron chi connectivity index (χ4n) is 2.30. The van der Waals surface area contributed by atoms with Crippen molar-refractivity contribution in [2.24, 2.45) is 0 Å². The number of rotatable bonds is 3. The minimum absolute atomic E-state index is 0.227. The Morgan fingerprint density at radius 1 is 1.19 bits per heavy atom. The number of amides is 1. The van der Waals surface area contributed by atoms with Crippen LogP contribution in [0.1, 0.15) is 0 Å². The molecule has 3 rings (SSSR count). The summed E-state index contributed by atoms with van der Waals surface area (Å²) in [5.41, 5.74) is 0.594. The molecule has 1 aliphatic heterocycles. The second kappa shape index (κ2) is 6.94. The van der Waals surface area contributed by atoms with Gasteiger partial charge < -0.3 is 15.3 Å². The van der Waals surface area contributed by atoms with Crippen LogP contribution in [0, 0.1) is 12.4 Å². The fraction of sp³-hybridized carbons (Fsp3) is 0.0556. The molecule has 0 spiro atoms. The van der Waals surface area contributed by atoms with E-state index in [-0.39, 0.29) is 12.2 Å². The van der Waals surface area contributed by atoms with Crippen molar-refractivity contribution in [1.29, 1.82) is 0 Å². The zero-order valence-electron chi connectivity index (χ0n) is 13.3. The molecule has 2 aromatic rings. The Kier molecular flexibility index (Phi) is 4.53. The van der Waals surface area contributed by atoms with Crippen molar-refractivity contribution < 1.29 is 23.9 Å². The number of hydrogen-bond acceptors (Lipinski definition) is 5. The number of aliphatic hydroxyl groups excluding tert-OH is 1. The van der Waals surface area contributed by atoms with E-state index in [1.165, 1.54) is 24.3 Å². The maximum absolute atomic E-state index is 12.9.